The number of halogens is 1. The van der Waals surface area contributed by atoms with Crippen LogP contribution in [0.1, 0.15) is 6.92 Å². The minimum Gasteiger partial charge on any atom is -0.353 e. The lowest BCUT2D eigenvalue weighted by Gasteiger charge is -2.02. The first-order valence-electron chi connectivity index (χ1n) is 3.95. The van der Waals surface area contributed by atoms with Gasteiger partial charge in [-0.25, -0.2) is 9.97 Å². The zero-order valence-electron chi connectivity index (χ0n) is 7.82. The molecule has 0 aliphatic carbocycles. The van der Waals surface area contributed by atoms with Crippen LogP contribution in [0.4, 0.5) is 11.5 Å². The fourth-order valence-corrected chi connectivity index (χ4v) is 1.07. The van der Waals surface area contributed by atoms with Crippen molar-refractivity contribution in [2.75, 3.05) is 11.9 Å². The second-order valence-corrected chi connectivity index (χ2v) is 2.76. The van der Waals surface area contributed by atoms with Crippen molar-refractivity contribution in [1.29, 1.82) is 0 Å². The van der Waals surface area contributed by atoms with Crippen molar-refractivity contribution in [2.24, 2.45) is 0 Å². The fraction of sp³-hybridized carbons (Fsp3) is 0.250. The van der Waals surface area contributed by atoms with Gasteiger partial charge in [0, 0.05) is 0 Å². The smallest absolute Gasteiger partial charge is 0.348 e. The van der Waals surface area contributed by atoms with Crippen LogP contribution in [0.5, 0.6) is 0 Å². The van der Waals surface area contributed by atoms with Crippen molar-refractivity contribution < 1.29 is 4.92 Å². The molecule has 1 N–H and O–H groups in total. The van der Waals surface area contributed by atoms with E-state index in [-0.39, 0.29) is 23.2 Å². The Morgan fingerprint density at radius 2 is 2.40 bits per heavy atom. The van der Waals surface area contributed by atoms with Crippen LogP contribution < -0.4 is 5.32 Å². The lowest BCUT2D eigenvalue weighted by molar-refractivity contribution is -0.384. The first-order chi connectivity index (χ1) is 7.16. The molecule has 0 atom stereocenters. The van der Waals surface area contributed by atoms with Crippen LogP contribution in [0.15, 0.2) is 6.33 Å². The lowest BCUT2D eigenvalue weighted by atomic mass is 10.4. The number of hydrogen-bond acceptors (Lipinski definition) is 5. The van der Waals surface area contributed by atoms with Gasteiger partial charge in [-0.3, -0.25) is 10.1 Å². The zero-order valence-corrected chi connectivity index (χ0v) is 8.58. The highest BCUT2D eigenvalue weighted by Crippen LogP contribution is 2.27. The molecular weight excluding hydrogens is 220 g/mol. The summed E-state index contributed by atoms with van der Waals surface area (Å²) in [6.07, 6.45) is 1.15. The number of nitrogens with one attached hydrogen (secondary N) is 1. The monoisotopic (exact) mass is 226 g/mol. The van der Waals surface area contributed by atoms with Crippen molar-refractivity contribution in [3.63, 3.8) is 0 Å². The summed E-state index contributed by atoms with van der Waals surface area (Å²) in [5.74, 6) is 5.41. The van der Waals surface area contributed by atoms with Gasteiger partial charge in [-0.05, 0) is 6.92 Å². The highest BCUT2D eigenvalue weighted by molar-refractivity contribution is 6.31. The van der Waals surface area contributed by atoms with Crippen LogP contribution in [0, 0.1) is 22.0 Å². The maximum atomic E-state index is 10.6. The van der Waals surface area contributed by atoms with Crippen LogP contribution in [0.3, 0.4) is 0 Å². The molecule has 1 aromatic rings. The van der Waals surface area contributed by atoms with E-state index < -0.39 is 4.92 Å². The van der Waals surface area contributed by atoms with Gasteiger partial charge in [-0.15, -0.1) is 5.92 Å². The largest absolute Gasteiger partial charge is 0.353 e. The molecule has 1 heterocycles. The van der Waals surface area contributed by atoms with E-state index in [2.05, 4.69) is 27.1 Å². The number of nitrogens with zero attached hydrogens (tertiary/aromatic N) is 3. The quantitative estimate of drug-likeness (QED) is 0.365. The highest BCUT2D eigenvalue weighted by atomic mass is 35.5. The predicted octanol–water partition coefficient (Wildman–Crippen LogP) is 1.47. The summed E-state index contributed by atoms with van der Waals surface area (Å²) in [6, 6.07) is 0. The van der Waals surface area contributed by atoms with Gasteiger partial charge < -0.3 is 5.32 Å². The topological polar surface area (TPSA) is 81.0 Å². The molecule has 7 heteroatoms. The molecule has 0 saturated carbocycles. The van der Waals surface area contributed by atoms with E-state index in [1.165, 1.54) is 0 Å². The Morgan fingerprint density at radius 3 is 3.00 bits per heavy atom. The summed E-state index contributed by atoms with van der Waals surface area (Å²) in [5, 5.41) is 13.1. The first-order valence-corrected chi connectivity index (χ1v) is 4.33. The fourth-order valence-electron chi connectivity index (χ4n) is 0.865. The highest BCUT2D eigenvalue weighted by Gasteiger charge is 2.20. The Bertz CT molecular complexity index is 438. The molecule has 0 bridgehead atoms. The van der Waals surface area contributed by atoms with E-state index >= 15 is 0 Å². The molecule has 1 aromatic heterocycles. The summed E-state index contributed by atoms with van der Waals surface area (Å²) in [6.45, 7) is 1.94. The van der Waals surface area contributed by atoms with Crippen LogP contribution in [0.25, 0.3) is 0 Å². The Balaban J connectivity index is 2.99. The summed E-state index contributed by atoms with van der Waals surface area (Å²) in [4.78, 5) is 17.2. The van der Waals surface area contributed by atoms with Crippen LogP contribution in [-0.4, -0.2) is 21.4 Å². The first kappa shape index (κ1) is 11.2. The Morgan fingerprint density at radius 1 is 1.67 bits per heavy atom. The summed E-state index contributed by atoms with van der Waals surface area (Å²) >= 11 is 5.57. The van der Waals surface area contributed by atoms with Gasteiger partial charge in [0.05, 0.1) is 11.5 Å². The summed E-state index contributed by atoms with van der Waals surface area (Å²) in [5.41, 5.74) is -0.336. The Labute approximate surface area is 90.8 Å². The van der Waals surface area contributed by atoms with Gasteiger partial charge in [0.15, 0.2) is 0 Å². The molecule has 0 amide bonds. The molecular formula is C8H7ClN4O2. The molecule has 0 saturated heterocycles. The second-order valence-electron chi connectivity index (χ2n) is 2.40. The molecule has 0 aliphatic heterocycles. The lowest BCUT2D eigenvalue weighted by Crippen LogP contribution is -2.05. The summed E-state index contributed by atoms with van der Waals surface area (Å²) < 4.78 is 0. The third-order valence-electron chi connectivity index (χ3n) is 1.48. The van der Waals surface area contributed by atoms with Crippen molar-refractivity contribution in [2.45, 2.75) is 6.92 Å². The number of rotatable bonds is 3. The van der Waals surface area contributed by atoms with Gasteiger partial charge in [0.1, 0.15) is 6.33 Å². The van der Waals surface area contributed by atoms with Crippen molar-refractivity contribution in [3.8, 4) is 11.8 Å². The number of anilines is 1. The molecule has 0 aliphatic rings. The Hall–Kier alpha value is -1.87. The molecule has 15 heavy (non-hydrogen) atoms. The van der Waals surface area contributed by atoms with E-state index in [0.717, 1.165) is 6.33 Å². The Kier molecular flexibility index (Phi) is 3.83. The van der Waals surface area contributed by atoms with Gasteiger partial charge >= 0.3 is 5.69 Å². The number of nitro groups is 1. The minimum atomic E-state index is -0.635. The van der Waals surface area contributed by atoms with Gasteiger partial charge in [-0.2, -0.15) is 0 Å². The van der Waals surface area contributed by atoms with Crippen molar-refractivity contribution in [3.05, 3.63) is 21.6 Å². The molecule has 0 radical (unpaired) electrons. The second kappa shape index (κ2) is 5.12. The third kappa shape index (κ3) is 2.79. The van der Waals surface area contributed by atoms with Crippen LogP contribution in [0.2, 0.25) is 5.15 Å². The molecule has 0 aromatic carbocycles. The van der Waals surface area contributed by atoms with Gasteiger partial charge in [-0.1, -0.05) is 17.5 Å². The zero-order chi connectivity index (χ0) is 11.3. The number of hydrogen-bond donors (Lipinski definition) is 1. The average molecular weight is 227 g/mol. The maximum Gasteiger partial charge on any atom is 0.348 e. The van der Waals surface area contributed by atoms with E-state index in [0.29, 0.717) is 0 Å². The maximum absolute atomic E-state index is 10.6. The normalized spacial score (nSPS) is 8.93. The SMILES string of the molecule is CC#CCNc1ncnc(Cl)c1[N+](=O)[O-]. The molecule has 1 rings (SSSR count). The van der Waals surface area contributed by atoms with E-state index in [4.69, 9.17) is 11.6 Å². The third-order valence-corrected chi connectivity index (χ3v) is 1.76. The molecule has 0 fully saturated rings. The molecule has 0 spiro atoms. The van der Waals surface area contributed by atoms with Crippen LogP contribution in [-0.2, 0) is 0 Å². The summed E-state index contributed by atoms with van der Waals surface area (Å²) in [7, 11) is 0. The van der Waals surface area contributed by atoms with E-state index in [1.54, 1.807) is 6.92 Å². The van der Waals surface area contributed by atoms with Crippen molar-refractivity contribution in [1.82, 2.24) is 9.97 Å². The standard InChI is InChI=1S/C8H7ClN4O2/c1-2-3-4-10-8-6(13(14)15)7(9)11-5-12-8/h5H,4H2,1H3,(H,10,11,12). The van der Waals surface area contributed by atoms with Gasteiger partial charge in [0.25, 0.3) is 0 Å². The van der Waals surface area contributed by atoms with E-state index in [9.17, 15) is 10.1 Å². The van der Waals surface area contributed by atoms with Gasteiger partial charge in [0.2, 0.25) is 11.0 Å². The molecule has 78 valence electrons. The van der Waals surface area contributed by atoms with Crippen LogP contribution >= 0.6 is 11.6 Å². The van der Waals surface area contributed by atoms with Crippen molar-refractivity contribution >= 4 is 23.1 Å². The average Bonchev–Trinajstić information content (AvgIpc) is 2.17. The van der Waals surface area contributed by atoms with E-state index in [1.807, 2.05) is 0 Å². The molecule has 6 nitrogen and oxygen atoms in total. The molecule has 0 unspecified atom stereocenters. The minimum absolute atomic E-state index is 0.0720. The predicted molar refractivity (Wildman–Crippen MR) is 55.6 cm³/mol. The number of aromatic nitrogens is 2.